The maximum Gasteiger partial charge on any atom is 0.264 e. The molecular formula is C21H24N2O3S. The van der Waals surface area contributed by atoms with Crippen molar-refractivity contribution in [3.05, 3.63) is 51.2 Å². The molecule has 5 nitrogen and oxygen atoms in total. The number of benzene rings is 1. The molecule has 0 aliphatic carbocycles. The molecule has 4 rings (SSSR count). The van der Waals surface area contributed by atoms with Crippen LogP contribution in [0.5, 0.6) is 5.75 Å². The Balaban J connectivity index is 1.61. The highest BCUT2D eigenvalue weighted by atomic mass is 32.1. The Morgan fingerprint density at radius 3 is 2.59 bits per heavy atom. The SMILES string of the molecule is Cc1ccc(C(=O)N2Cc3cc(C(=O)N4CCCC4)ccc3OC[C@@H]2C)s1. The van der Waals surface area contributed by atoms with Crippen molar-refractivity contribution >= 4 is 23.2 Å². The summed E-state index contributed by atoms with van der Waals surface area (Å²) >= 11 is 1.51. The summed E-state index contributed by atoms with van der Waals surface area (Å²) in [6.07, 6.45) is 2.14. The van der Waals surface area contributed by atoms with Crippen molar-refractivity contribution in [3.8, 4) is 5.75 Å². The number of carbonyl (C=O) groups is 2. The molecule has 1 fully saturated rings. The molecule has 2 amide bonds. The molecule has 0 spiro atoms. The topological polar surface area (TPSA) is 49.9 Å². The van der Waals surface area contributed by atoms with E-state index < -0.39 is 0 Å². The van der Waals surface area contributed by atoms with Crippen molar-refractivity contribution in [2.75, 3.05) is 19.7 Å². The highest BCUT2D eigenvalue weighted by Gasteiger charge is 2.28. The zero-order valence-electron chi connectivity index (χ0n) is 15.7. The van der Waals surface area contributed by atoms with Crippen LogP contribution >= 0.6 is 11.3 Å². The van der Waals surface area contributed by atoms with E-state index >= 15 is 0 Å². The molecule has 2 aromatic rings. The first-order valence-corrected chi connectivity index (χ1v) is 10.3. The number of aryl methyl sites for hydroxylation is 1. The van der Waals surface area contributed by atoms with Gasteiger partial charge in [-0.25, -0.2) is 0 Å². The van der Waals surface area contributed by atoms with Crippen LogP contribution < -0.4 is 4.74 Å². The number of hydrogen-bond acceptors (Lipinski definition) is 4. The van der Waals surface area contributed by atoms with Crippen molar-refractivity contribution in [1.29, 1.82) is 0 Å². The number of hydrogen-bond donors (Lipinski definition) is 0. The predicted octanol–water partition coefficient (Wildman–Crippen LogP) is 3.72. The maximum atomic E-state index is 13.0. The third-order valence-corrected chi connectivity index (χ3v) is 6.25. The second-order valence-electron chi connectivity index (χ2n) is 7.33. The van der Waals surface area contributed by atoms with Crippen molar-refractivity contribution in [1.82, 2.24) is 9.80 Å². The quantitative estimate of drug-likeness (QED) is 0.793. The molecule has 1 aromatic carbocycles. The lowest BCUT2D eigenvalue weighted by Gasteiger charge is -2.26. The average molecular weight is 385 g/mol. The highest BCUT2D eigenvalue weighted by molar-refractivity contribution is 7.13. The Morgan fingerprint density at radius 2 is 1.89 bits per heavy atom. The number of ether oxygens (including phenoxy) is 1. The van der Waals surface area contributed by atoms with E-state index in [0.29, 0.717) is 18.7 Å². The van der Waals surface area contributed by atoms with Gasteiger partial charge in [0.25, 0.3) is 11.8 Å². The fourth-order valence-electron chi connectivity index (χ4n) is 3.68. The molecule has 1 saturated heterocycles. The van der Waals surface area contributed by atoms with Gasteiger partial charge in [0.15, 0.2) is 0 Å². The monoisotopic (exact) mass is 384 g/mol. The largest absolute Gasteiger partial charge is 0.491 e. The third-order valence-electron chi connectivity index (χ3n) is 5.27. The Hall–Kier alpha value is -2.34. The summed E-state index contributed by atoms with van der Waals surface area (Å²) in [6.45, 7) is 6.55. The molecular weight excluding hydrogens is 360 g/mol. The van der Waals surface area contributed by atoms with Gasteiger partial charge in [-0.15, -0.1) is 11.3 Å². The molecule has 142 valence electrons. The third kappa shape index (κ3) is 3.58. The summed E-state index contributed by atoms with van der Waals surface area (Å²) in [5.41, 5.74) is 1.57. The zero-order valence-corrected chi connectivity index (χ0v) is 16.6. The Labute approximate surface area is 163 Å². The Bertz CT molecular complexity index is 870. The second kappa shape index (κ2) is 7.35. The summed E-state index contributed by atoms with van der Waals surface area (Å²) in [5, 5.41) is 0. The highest BCUT2D eigenvalue weighted by Crippen LogP contribution is 2.29. The molecule has 3 heterocycles. The van der Waals surface area contributed by atoms with E-state index in [2.05, 4.69) is 0 Å². The standard InChI is InChI=1S/C21H24N2O3S/c1-14-13-26-18-7-6-16(20(24)22-9-3-4-10-22)11-17(18)12-23(14)21(25)19-8-5-15(2)27-19/h5-8,11,14H,3-4,9-10,12-13H2,1-2H3/t14-/m0/s1. The van der Waals surface area contributed by atoms with Gasteiger partial charge in [0, 0.05) is 29.1 Å². The smallest absolute Gasteiger partial charge is 0.264 e. The van der Waals surface area contributed by atoms with E-state index in [1.54, 1.807) is 0 Å². The Kier molecular flexibility index (Phi) is 4.91. The van der Waals surface area contributed by atoms with E-state index in [9.17, 15) is 9.59 Å². The van der Waals surface area contributed by atoms with Crippen LogP contribution in [0.25, 0.3) is 0 Å². The normalized spacial score (nSPS) is 19.4. The average Bonchev–Trinajstić information content (AvgIpc) is 3.32. The van der Waals surface area contributed by atoms with Crippen LogP contribution in [0.1, 0.15) is 50.2 Å². The molecule has 1 aromatic heterocycles. The van der Waals surface area contributed by atoms with E-state index in [0.717, 1.165) is 47.0 Å². The van der Waals surface area contributed by atoms with E-state index in [4.69, 9.17) is 4.74 Å². The first-order valence-electron chi connectivity index (χ1n) is 9.45. The molecule has 2 aliphatic rings. The number of likely N-dealkylation sites (tertiary alicyclic amines) is 1. The molecule has 0 bridgehead atoms. The molecule has 1 atom stereocenters. The predicted molar refractivity (Wildman–Crippen MR) is 105 cm³/mol. The van der Waals surface area contributed by atoms with Gasteiger partial charge in [-0.3, -0.25) is 9.59 Å². The minimum absolute atomic E-state index is 0.0216. The van der Waals surface area contributed by atoms with Gasteiger partial charge in [-0.1, -0.05) is 0 Å². The molecule has 0 N–H and O–H groups in total. The molecule has 0 unspecified atom stereocenters. The fourth-order valence-corrected chi connectivity index (χ4v) is 4.51. The minimum Gasteiger partial charge on any atom is -0.491 e. The van der Waals surface area contributed by atoms with Crippen LogP contribution in [-0.4, -0.2) is 47.4 Å². The lowest BCUT2D eigenvalue weighted by molar-refractivity contribution is 0.0650. The van der Waals surface area contributed by atoms with Gasteiger partial charge in [0.05, 0.1) is 17.5 Å². The van der Waals surface area contributed by atoms with Crippen LogP contribution in [0.4, 0.5) is 0 Å². The van der Waals surface area contributed by atoms with Crippen LogP contribution in [0, 0.1) is 6.92 Å². The summed E-state index contributed by atoms with van der Waals surface area (Å²) in [4.78, 5) is 31.4. The first kappa shape index (κ1) is 18.0. The summed E-state index contributed by atoms with van der Waals surface area (Å²) in [7, 11) is 0. The van der Waals surface area contributed by atoms with E-state index in [1.165, 1.54) is 11.3 Å². The Morgan fingerprint density at radius 1 is 1.11 bits per heavy atom. The number of fused-ring (bicyclic) bond motifs is 1. The number of rotatable bonds is 2. The molecule has 6 heteroatoms. The number of carbonyl (C=O) groups excluding carboxylic acids is 2. The van der Waals surface area contributed by atoms with Crippen LogP contribution in [0.15, 0.2) is 30.3 Å². The zero-order chi connectivity index (χ0) is 19.0. The van der Waals surface area contributed by atoms with Crippen molar-refractivity contribution in [2.24, 2.45) is 0 Å². The molecule has 2 aliphatic heterocycles. The van der Waals surface area contributed by atoms with Gasteiger partial charge in [-0.2, -0.15) is 0 Å². The number of nitrogens with zero attached hydrogens (tertiary/aromatic N) is 2. The maximum absolute atomic E-state index is 13.0. The van der Waals surface area contributed by atoms with Crippen molar-refractivity contribution < 1.29 is 14.3 Å². The molecule has 0 radical (unpaired) electrons. The van der Waals surface area contributed by atoms with Gasteiger partial charge in [0.2, 0.25) is 0 Å². The second-order valence-corrected chi connectivity index (χ2v) is 8.61. The van der Waals surface area contributed by atoms with Crippen LogP contribution in [0.3, 0.4) is 0 Å². The summed E-state index contributed by atoms with van der Waals surface area (Å²) in [5.74, 6) is 0.852. The van der Waals surface area contributed by atoms with Gasteiger partial charge in [0.1, 0.15) is 12.4 Å². The lowest BCUT2D eigenvalue weighted by Crippen LogP contribution is -2.39. The first-order chi connectivity index (χ1) is 13.0. The van der Waals surface area contributed by atoms with Crippen LogP contribution in [0.2, 0.25) is 0 Å². The minimum atomic E-state index is -0.0370. The van der Waals surface area contributed by atoms with Crippen LogP contribution in [-0.2, 0) is 6.54 Å². The van der Waals surface area contributed by atoms with Gasteiger partial charge >= 0.3 is 0 Å². The fraction of sp³-hybridized carbons (Fsp3) is 0.429. The van der Waals surface area contributed by atoms with Crippen molar-refractivity contribution in [3.63, 3.8) is 0 Å². The summed E-state index contributed by atoms with van der Waals surface area (Å²) < 4.78 is 5.93. The van der Waals surface area contributed by atoms with Gasteiger partial charge in [-0.05, 0) is 57.0 Å². The number of thiophene rings is 1. The lowest BCUT2D eigenvalue weighted by atomic mass is 10.1. The summed E-state index contributed by atoms with van der Waals surface area (Å²) in [6, 6.07) is 9.42. The molecule has 27 heavy (non-hydrogen) atoms. The van der Waals surface area contributed by atoms with E-state index in [-0.39, 0.29) is 17.9 Å². The van der Waals surface area contributed by atoms with E-state index in [1.807, 2.05) is 54.0 Å². The van der Waals surface area contributed by atoms with Gasteiger partial charge < -0.3 is 14.5 Å². The molecule has 0 saturated carbocycles. The van der Waals surface area contributed by atoms with Crippen molar-refractivity contribution in [2.45, 2.75) is 39.3 Å². The number of amides is 2.